The molecule has 0 unspecified atom stereocenters. The number of benzene rings is 3. The quantitative estimate of drug-likeness (QED) is 0.144. The molecule has 4 atom stereocenters. The van der Waals surface area contributed by atoms with Crippen molar-refractivity contribution in [2.24, 2.45) is 5.73 Å². The summed E-state index contributed by atoms with van der Waals surface area (Å²) >= 11 is 0. The van der Waals surface area contributed by atoms with Gasteiger partial charge < -0.3 is 26.0 Å². The molecule has 0 fully saturated rings. The first-order valence-electron chi connectivity index (χ1n) is 14.1. The molecule has 0 aromatic heterocycles. The lowest BCUT2D eigenvalue weighted by Gasteiger charge is -2.33. The van der Waals surface area contributed by atoms with Crippen LogP contribution in [-0.4, -0.2) is 72.4 Å². The number of carbonyl (C=O) groups excluding carboxylic acids is 2. The number of amides is 2. The van der Waals surface area contributed by atoms with Gasteiger partial charge in [0.05, 0.1) is 23.5 Å². The third-order valence-corrected chi connectivity index (χ3v) is 8.59. The highest BCUT2D eigenvalue weighted by Crippen LogP contribution is 2.18. The Bertz CT molecular complexity index is 1380. The SMILES string of the molecule is CCCN(C[C@@H](O)[C@H](Cc1ccccc1)N[C@@H](O)[C@H](CC(N)=O)NC(=O)OCc1ccccc1)S(=O)(=O)c1ccccc1. The van der Waals surface area contributed by atoms with E-state index < -0.39 is 52.9 Å². The smallest absolute Gasteiger partial charge is 0.407 e. The average Bonchev–Trinajstić information content (AvgIpc) is 3.00. The average molecular weight is 613 g/mol. The van der Waals surface area contributed by atoms with Gasteiger partial charge in [0.2, 0.25) is 15.9 Å². The first kappa shape index (κ1) is 33.7. The lowest BCUT2D eigenvalue weighted by atomic mass is 10.00. The number of nitrogens with one attached hydrogen (secondary N) is 2. The topological polar surface area (TPSA) is 171 Å². The highest BCUT2D eigenvalue weighted by molar-refractivity contribution is 7.89. The summed E-state index contributed by atoms with van der Waals surface area (Å²) in [6.07, 6.45) is -3.43. The van der Waals surface area contributed by atoms with E-state index in [4.69, 9.17) is 10.5 Å². The molecule has 11 nitrogen and oxygen atoms in total. The minimum Gasteiger partial charge on any atom is -0.445 e. The Hall–Kier alpha value is -3.81. The van der Waals surface area contributed by atoms with Gasteiger partial charge >= 0.3 is 6.09 Å². The molecule has 43 heavy (non-hydrogen) atoms. The Morgan fingerprint density at radius 2 is 1.44 bits per heavy atom. The van der Waals surface area contributed by atoms with Crippen LogP contribution in [0.25, 0.3) is 0 Å². The van der Waals surface area contributed by atoms with Gasteiger partial charge in [0, 0.05) is 19.1 Å². The summed E-state index contributed by atoms with van der Waals surface area (Å²) in [5.41, 5.74) is 6.95. The number of aliphatic hydroxyl groups is 2. The molecule has 2 amide bonds. The molecule has 3 aromatic carbocycles. The van der Waals surface area contributed by atoms with Crippen molar-refractivity contribution in [3.8, 4) is 0 Å². The number of alkyl carbamates (subject to hydrolysis) is 1. The van der Waals surface area contributed by atoms with Crippen molar-refractivity contribution in [3.05, 3.63) is 102 Å². The van der Waals surface area contributed by atoms with Crippen LogP contribution >= 0.6 is 0 Å². The second-order valence-electron chi connectivity index (χ2n) is 10.1. The summed E-state index contributed by atoms with van der Waals surface area (Å²) in [6.45, 7) is 1.70. The summed E-state index contributed by atoms with van der Waals surface area (Å²) in [5, 5.41) is 27.9. The summed E-state index contributed by atoms with van der Waals surface area (Å²) in [4.78, 5) is 24.5. The molecule has 0 bridgehead atoms. The minimum absolute atomic E-state index is 0.0298. The molecule has 0 radical (unpaired) electrons. The monoisotopic (exact) mass is 612 g/mol. The summed E-state index contributed by atoms with van der Waals surface area (Å²) in [7, 11) is -3.92. The molecule has 0 aliphatic carbocycles. The molecule has 0 saturated heterocycles. The highest BCUT2D eigenvalue weighted by atomic mass is 32.2. The predicted molar refractivity (Wildman–Crippen MR) is 162 cm³/mol. The van der Waals surface area contributed by atoms with Gasteiger partial charge in [0.1, 0.15) is 12.8 Å². The molecule has 232 valence electrons. The fourth-order valence-electron chi connectivity index (χ4n) is 4.52. The second kappa shape index (κ2) is 16.7. The number of aliphatic hydroxyl groups excluding tert-OH is 2. The van der Waals surface area contributed by atoms with Crippen molar-refractivity contribution in [2.75, 3.05) is 13.1 Å². The van der Waals surface area contributed by atoms with Crippen LogP contribution in [0.1, 0.15) is 30.9 Å². The van der Waals surface area contributed by atoms with Gasteiger partial charge in [0.15, 0.2) is 0 Å². The Balaban J connectivity index is 1.78. The number of nitrogens with two attached hydrogens (primary N) is 1. The minimum atomic E-state index is -3.92. The van der Waals surface area contributed by atoms with Crippen LogP contribution < -0.4 is 16.4 Å². The van der Waals surface area contributed by atoms with Gasteiger partial charge in [-0.15, -0.1) is 0 Å². The number of nitrogens with zero attached hydrogens (tertiary/aromatic N) is 1. The van der Waals surface area contributed by atoms with E-state index in [1.807, 2.05) is 43.3 Å². The second-order valence-corrected chi connectivity index (χ2v) is 12.1. The maximum Gasteiger partial charge on any atom is 0.407 e. The Morgan fingerprint density at radius 3 is 2.00 bits per heavy atom. The van der Waals surface area contributed by atoms with E-state index in [1.54, 1.807) is 42.5 Å². The lowest BCUT2D eigenvalue weighted by Crippen LogP contribution is -2.58. The van der Waals surface area contributed by atoms with Crippen molar-refractivity contribution in [2.45, 2.75) is 62.1 Å². The van der Waals surface area contributed by atoms with E-state index in [9.17, 15) is 28.2 Å². The van der Waals surface area contributed by atoms with Crippen LogP contribution in [0.4, 0.5) is 4.79 Å². The Kier molecular flexibility index (Phi) is 13.1. The van der Waals surface area contributed by atoms with Crippen LogP contribution in [0.3, 0.4) is 0 Å². The van der Waals surface area contributed by atoms with E-state index in [1.165, 1.54) is 16.4 Å². The summed E-state index contributed by atoms with van der Waals surface area (Å²) in [5.74, 6) is -0.780. The summed E-state index contributed by atoms with van der Waals surface area (Å²) in [6, 6.07) is 24.0. The van der Waals surface area contributed by atoms with Crippen LogP contribution in [0.5, 0.6) is 0 Å². The number of primary amides is 1. The van der Waals surface area contributed by atoms with Gasteiger partial charge in [-0.05, 0) is 36.1 Å². The molecule has 3 aromatic rings. The van der Waals surface area contributed by atoms with E-state index in [2.05, 4.69) is 10.6 Å². The van der Waals surface area contributed by atoms with Gasteiger partial charge in [-0.2, -0.15) is 4.31 Å². The molecule has 6 N–H and O–H groups in total. The number of ether oxygens (including phenoxy) is 1. The maximum absolute atomic E-state index is 13.4. The van der Waals surface area contributed by atoms with Gasteiger partial charge in [-0.25, -0.2) is 13.2 Å². The predicted octanol–water partition coefficient (Wildman–Crippen LogP) is 2.14. The van der Waals surface area contributed by atoms with Crippen LogP contribution in [-0.2, 0) is 32.6 Å². The third kappa shape index (κ3) is 10.8. The number of rotatable bonds is 17. The van der Waals surface area contributed by atoms with Crippen LogP contribution in [0, 0.1) is 0 Å². The zero-order chi connectivity index (χ0) is 31.2. The van der Waals surface area contributed by atoms with E-state index in [0.29, 0.717) is 6.42 Å². The molecule has 3 rings (SSSR count). The van der Waals surface area contributed by atoms with Gasteiger partial charge in [-0.1, -0.05) is 85.8 Å². The first-order chi connectivity index (χ1) is 20.6. The molecule has 0 saturated carbocycles. The van der Waals surface area contributed by atoms with E-state index in [-0.39, 0.29) is 31.0 Å². The van der Waals surface area contributed by atoms with Crippen molar-refractivity contribution in [1.29, 1.82) is 0 Å². The maximum atomic E-state index is 13.4. The highest BCUT2D eigenvalue weighted by Gasteiger charge is 2.33. The first-order valence-corrected chi connectivity index (χ1v) is 15.5. The van der Waals surface area contributed by atoms with Crippen molar-refractivity contribution >= 4 is 22.0 Å². The molecule has 0 aliphatic heterocycles. The zero-order valence-electron chi connectivity index (χ0n) is 24.1. The number of sulfonamides is 1. The fraction of sp³-hybridized carbons (Fsp3) is 0.355. The van der Waals surface area contributed by atoms with Gasteiger partial charge in [-0.3, -0.25) is 10.1 Å². The number of carbonyl (C=O) groups is 2. The molecule has 0 heterocycles. The van der Waals surface area contributed by atoms with E-state index in [0.717, 1.165) is 11.1 Å². The van der Waals surface area contributed by atoms with Crippen molar-refractivity contribution in [3.63, 3.8) is 0 Å². The molecule has 0 aliphatic rings. The van der Waals surface area contributed by atoms with Crippen molar-refractivity contribution in [1.82, 2.24) is 14.9 Å². The number of hydrogen-bond donors (Lipinski definition) is 5. The van der Waals surface area contributed by atoms with E-state index >= 15 is 0 Å². The molecular formula is C31H40N4O7S. The van der Waals surface area contributed by atoms with Crippen LogP contribution in [0.15, 0.2) is 95.9 Å². The third-order valence-electron chi connectivity index (χ3n) is 6.71. The Labute approximate surface area is 252 Å². The largest absolute Gasteiger partial charge is 0.445 e. The fourth-order valence-corrected chi connectivity index (χ4v) is 6.09. The Morgan fingerprint density at radius 1 is 0.884 bits per heavy atom. The van der Waals surface area contributed by atoms with Gasteiger partial charge in [0.25, 0.3) is 0 Å². The van der Waals surface area contributed by atoms with Crippen LogP contribution in [0.2, 0.25) is 0 Å². The normalized spacial score (nSPS) is 14.4. The molecule has 0 spiro atoms. The molecular weight excluding hydrogens is 572 g/mol. The zero-order valence-corrected chi connectivity index (χ0v) is 24.9. The summed E-state index contributed by atoms with van der Waals surface area (Å²) < 4.78 is 33.3. The number of hydrogen-bond acceptors (Lipinski definition) is 8. The van der Waals surface area contributed by atoms with Crippen molar-refractivity contribution < 1.29 is 33.0 Å². The lowest BCUT2D eigenvalue weighted by molar-refractivity contribution is -0.119. The molecule has 12 heteroatoms. The standard InChI is InChI=1S/C31H40N4O7S/c1-2-18-35(43(40,41)25-16-10-5-11-17-25)21-28(36)26(19-23-12-6-3-7-13-23)33-30(38)27(20-29(32)37)34-31(39)42-22-24-14-8-4-9-15-24/h3-17,26-28,30,33,36,38H,2,18-22H2,1H3,(H2,32,37)(H,34,39)/t26-,27-,28+,30-/m0/s1.